The van der Waals surface area contributed by atoms with Crippen molar-refractivity contribution < 1.29 is 4.92 Å². The minimum atomic E-state index is -0.419. The highest BCUT2D eigenvalue weighted by atomic mass is 79.9. The number of aromatic nitrogens is 1. The van der Waals surface area contributed by atoms with Crippen LogP contribution in [0.4, 0.5) is 11.5 Å². The SMILES string of the molecule is CN(Cc1cccs1)c1ncc(Br)cc1[N+](=O)[O-]. The first kappa shape index (κ1) is 13.0. The summed E-state index contributed by atoms with van der Waals surface area (Å²) in [5, 5.41) is 13.0. The molecule has 0 fully saturated rings. The fourth-order valence-electron chi connectivity index (χ4n) is 1.56. The van der Waals surface area contributed by atoms with Gasteiger partial charge in [-0.2, -0.15) is 0 Å². The smallest absolute Gasteiger partial charge is 0.312 e. The van der Waals surface area contributed by atoms with Gasteiger partial charge in [-0.15, -0.1) is 11.3 Å². The molecule has 0 radical (unpaired) electrons. The Kier molecular flexibility index (Phi) is 3.93. The van der Waals surface area contributed by atoms with Crippen molar-refractivity contribution >= 4 is 38.8 Å². The van der Waals surface area contributed by atoms with Crippen LogP contribution in [-0.4, -0.2) is 17.0 Å². The lowest BCUT2D eigenvalue weighted by molar-refractivity contribution is -0.384. The highest BCUT2D eigenvalue weighted by molar-refractivity contribution is 9.10. The molecule has 94 valence electrons. The Balaban J connectivity index is 2.29. The van der Waals surface area contributed by atoms with Crippen LogP contribution in [-0.2, 0) is 6.54 Å². The van der Waals surface area contributed by atoms with E-state index in [0.29, 0.717) is 16.8 Å². The standard InChI is InChI=1S/C11H10BrN3O2S/c1-14(7-9-3-2-4-18-9)11-10(15(16)17)5-8(12)6-13-11/h2-6H,7H2,1H3. The monoisotopic (exact) mass is 327 g/mol. The van der Waals surface area contributed by atoms with Gasteiger partial charge in [-0.05, 0) is 27.4 Å². The van der Waals surface area contributed by atoms with Crippen molar-refractivity contribution in [3.63, 3.8) is 0 Å². The first-order valence-corrected chi connectivity index (χ1v) is 6.78. The summed E-state index contributed by atoms with van der Waals surface area (Å²) in [6, 6.07) is 5.41. The zero-order valence-electron chi connectivity index (χ0n) is 9.54. The number of thiophene rings is 1. The molecule has 0 aliphatic carbocycles. The summed E-state index contributed by atoms with van der Waals surface area (Å²) >= 11 is 4.81. The van der Waals surface area contributed by atoms with E-state index in [2.05, 4.69) is 20.9 Å². The molecule has 0 aliphatic heterocycles. The van der Waals surface area contributed by atoms with Gasteiger partial charge in [0.05, 0.1) is 11.5 Å². The maximum Gasteiger partial charge on any atom is 0.312 e. The first-order chi connectivity index (χ1) is 8.58. The minimum absolute atomic E-state index is 0.00318. The molecule has 18 heavy (non-hydrogen) atoms. The van der Waals surface area contributed by atoms with Gasteiger partial charge in [-0.1, -0.05) is 6.07 Å². The van der Waals surface area contributed by atoms with Gasteiger partial charge in [-0.3, -0.25) is 10.1 Å². The van der Waals surface area contributed by atoms with Crippen molar-refractivity contribution in [1.29, 1.82) is 0 Å². The lowest BCUT2D eigenvalue weighted by atomic mass is 10.3. The maximum atomic E-state index is 11.0. The largest absolute Gasteiger partial charge is 0.349 e. The molecule has 0 saturated heterocycles. The molecule has 2 aromatic heterocycles. The molecular formula is C11H10BrN3O2S. The lowest BCUT2D eigenvalue weighted by Crippen LogP contribution is -2.18. The number of nitro groups is 1. The van der Waals surface area contributed by atoms with Crippen LogP contribution in [0.15, 0.2) is 34.2 Å². The third kappa shape index (κ3) is 2.85. The number of pyridine rings is 1. The molecule has 5 nitrogen and oxygen atoms in total. The lowest BCUT2D eigenvalue weighted by Gasteiger charge is -2.16. The van der Waals surface area contributed by atoms with Crippen molar-refractivity contribution in [3.8, 4) is 0 Å². The molecule has 0 unspecified atom stereocenters. The molecule has 0 atom stereocenters. The summed E-state index contributed by atoms with van der Waals surface area (Å²) in [5.41, 5.74) is 0.00318. The molecule has 0 saturated carbocycles. The molecule has 0 aliphatic rings. The summed E-state index contributed by atoms with van der Waals surface area (Å²) < 4.78 is 0.600. The Hall–Kier alpha value is -1.47. The van der Waals surface area contributed by atoms with Gasteiger partial charge < -0.3 is 4.90 Å². The van der Waals surface area contributed by atoms with Crippen molar-refractivity contribution in [2.24, 2.45) is 0 Å². The van der Waals surface area contributed by atoms with Crippen LogP contribution in [0.2, 0.25) is 0 Å². The number of nitrogens with zero attached hydrogens (tertiary/aromatic N) is 3. The highest BCUT2D eigenvalue weighted by Gasteiger charge is 2.19. The van der Waals surface area contributed by atoms with Gasteiger partial charge in [0, 0.05) is 28.7 Å². The molecule has 2 rings (SSSR count). The van der Waals surface area contributed by atoms with Gasteiger partial charge in [-0.25, -0.2) is 4.98 Å². The molecule has 0 spiro atoms. The summed E-state index contributed by atoms with van der Waals surface area (Å²) in [6.07, 6.45) is 1.56. The molecule has 0 amide bonds. The van der Waals surface area contributed by atoms with E-state index in [1.165, 1.54) is 6.07 Å². The highest BCUT2D eigenvalue weighted by Crippen LogP contribution is 2.29. The van der Waals surface area contributed by atoms with Crippen LogP contribution < -0.4 is 4.90 Å². The average molecular weight is 328 g/mol. The predicted molar refractivity (Wildman–Crippen MR) is 75.0 cm³/mol. The van der Waals surface area contributed by atoms with Crippen LogP contribution in [0, 0.1) is 10.1 Å². The number of hydrogen-bond donors (Lipinski definition) is 0. The van der Waals surface area contributed by atoms with Crippen LogP contribution in [0.3, 0.4) is 0 Å². The zero-order chi connectivity index (χ0) is 13.1. The molecule has 0 N–H and O–H groups in total. The summed E-state index contributed by atoms with van der Waals surface area (Å²) in [5.74, 6) is 0.372. The van der Waals surface area contributed by atoms with Crippen molar-refractivity contribution in [2.45, 2.75) is 6.54 Å². The van der Waals surface area contributed by atoms with Gasteiger partial charge >= 0.3 is 5.69 Å². The van der Waals surface area contributed by atoms with Gasteiger partial charge in [0.1, 0.15) is 0 Å². The molecular weight excluding hydrogens is 318 g/mol. The van der Waals surface area contributed by atoms with Gasteiger partial charge in [0.25, 0.3) is 0 Å². The normalized spacial score (nSPS) is 10.3. The third-order valence-electron chi connectivity index (χ3n) is 2.35. The Morgan fingerprint density at radius 2 is 2.39 bits per heavy atom. The molecule has 2 aromatic rings. The van der Waals surface area contributed by atoms with E-state index in [1.807, 2.05) is 17.5 Å². The summed E-state index contributed by atoms with van der Waals surface area (Å²) in [4.78, 5) is 17.6. The Labute approximate surface area is 116 Å². The maximum absolute atomic E-state index is 11.0. The van der Waals surface area contributed by atoms with Gasteiger partial charge in [0.2, 0.25) is 5.82 Å². The third-order valence-corrected chi connectivity index (χ3v) is 3.64. The topological polar surface area (TPSA) is 59.3 Å². The van der Waals surface area contributed by atoms with Crippen LogP contribution in [0.1, 0.15) is 4.88 Å². The fraction of sp³-hybridized carbons (Fsp3) is 0.182. The van der Waals surface area contributed by atoms with Crippen molar-refractivity contribution in [2.75, 3.05) is 11.9 Å². The quantitative estimate of drug-likeness (QED) is 0.637. The van der Waals surface area contributed by atoms with Gasteiger partial charge in [0.15, 0.2) is 0 Å². The van der Waals surface area contributed by atoms with E-state index in [4.69, 9.17) is 0 Å². The number of halogens is 1. The number of rotatable bonds is 4. The summed E-state index contributed by atoms with van der Waals surface area (Å²) in [6.45, 7) is 0.604. The van der Waals surface area contributed by atoms with E-state index in [0.717, 1.165) is 4.88 Å². The van der Waals surface area contributed by atoms with E-state index in [9.17, 15) is 10.1 Å². The van der Waals surface area contributed by atoms with E-state index >= 15 is 0 Å². The van der Waals surface area contributed by atoms with E-state index in [1.54, 1.807) is 29.5 Å². The second-order valence-corrected chi connectivity index (χ2v) is 5.64. The second kappa shape index (κ2) is 5.45. The van der Waals surface area contributed by atoms with Crippen molar-refractivity contribution in [1.82, 2.24) is 4.98 Å². The number of hydrogen-bond acceptors (Lipinski definition) is 5. The number of anilines is 1. The average Bonchev–Trinajstić information content (AvgIpc) is 2.81. The van der Waals surface area contributed by atoms with E-state index < -0.39 is 4.92 Å². The van der Waals surface area contributed by atoms with Crippen LogP contribution >= 0.6 is 27.3 Å². The van der Waals surface area contributed by atoms with Crippen molar-refractivity contribution in [3.05, 3.63) is 49.2 Å². The van der Waals surface area contributed by atoms with Crippen LogP contribution in [0.5, 0.6) is 0 Å². The molecule has 7 heteroatoms. The predicted octanol–water partition coefficient (Wildman–Crippen LogP) is 3.45. The Morgan fingerprint density at radius 3 is 3.00 bits per heavy atom. The van der Waals surface area contributed by atoms with Crippen LogP contribution in [0.25, 0.3) is 0 Å². The first-order valence-electron chi connectivity index (χ1n) is 5.11. The Bertz CT molecular complexity index is 559. The minimum Gasteiger partial charge on any atom is -0.349 e. The Morgan fingerprint density at radius 1 is 1.61 bits per heavy atom. The van der Waals surface area contributed by atoms with E-state index in [-0.39, 0.29) is 5.69 Å². The fourth-order valence-corrected chi connectivity index (χ4v) is 2.64. The molecule has 0 aromatic carbocycles. The molecule has 2 heterocycles. The summed E-state index contributed by atoms with van der Waals surface area (Å²) in [7, 11) is 1.79. The molecule has 0 bridgehead atoms. The zero-order valence-corrected chi connectivity index (χ0v) is 11.9. The second-order valence-electron chi connectivity index (χ2n) is 3.69.